The minimum absolute atomic E-state index is 0.0105. The molecule has 0 saturated heterocycles. The van der Waals surface area contributed by atoms with Crippen LogP contribution in [0.1, 0.15) is 11.3 Å². The van der Waals surface area contributed by atoms with Gasteiger partial charge in [-0.1, -0.05) is 0 Å². The average molecular weight is 180 g/mol. The number of aromatic nitrogens is 2. The Morgan fingerprint density at radius 2 is 2.46 bits per heavy atom. The summed E-state index contributed by atoms with van der Waals surface area (Å²) in [4.78, 5) is 11.2. The number of nitrogens with zero attached hydrogens (tertiary/aromatic N) is 2. The van der Waals surface area contributed by atoms with E-state index in [-0.39, 0.29) is 11.9 Å². The van der Waals surface area contributed by atoms with Crippen LogP contribution in [-0.2, 0) is 29.4 Å². The number of methoxy groups -OCH3 is 1. The summed E-state index contributed by atoms with van der Waals surface area (Å²) in [5.74, 6) is -0.135. The van der Waals surface area contributed by atoms with Crippen molar-refractivity contribution in [2.45, 2.75) is 12.8 Å². The van der Waals surface area contributed by atoms with Crippen molar-refractivity contribution in [2.75, 3.05) is 7.11 Å². The van der Waals surface area contributed by atoms with Gasteiger partial charge < -0.3 is 4.74 Å². The maximum atomic E-state index is 11.2. The maximum Gasteiger partial charge on any atom is 0.309 e. The van der Waals surface area contributed by atoms with E-state index in [0.29, 0.717) is 0 Å². The first-order chi connectivity index (χ1) is 6.20. The maximum absolute atomic E-state index is 11.2. The fourth-order valence-electron chi connectivity index (χ4n) is 1.83. The lowest BCUT2D eigenvalue weighted by Crippen LogP contribution is -2.16. The van der Waals surface area contributed by atoms with Crippen LogP contribution in [0.5, 0.6) is 0 Å². The van der Waals surface area contributed by atoms with E-state index < -0.39 is 0 Å². The van der Waals surface area contributed by atoms with Gasteiger partial charge in [-0.3, -0.25) is 9.48 Å². The summed E-state index contributed by atoms with van der Waals surface area (Å²) in [5, 5.41) is 4.27. The fraction of sp³-hybridized carbons (Fsp3) is 0.556. The summed E-state index contributed by atoms with van der Waals surface area (Å²) in [6.45, 7) is 0. The molecule has 2 rings (SSSR count). The number of fused-ring (bicyclic) bond motifs is 1. The zero-order valence-electron chi connectivity index (χ0n) is 7.78. The second-order valence-electron chi connectivity index (χ2n) is 3.40. The lowest BCUT2D eigenvalue weighted by atomic mass is 10.1. The molecule has 0 saturated carbocycles. The lowest BCUT2D eigenvalue weighted by molar-refractivity contribution is -0.145. The van der Waals surface area contributed by atoms with Gasteiger partial charge in [0.2, 0.25) is 0 Å². The Labute approximate surface area is 76.5 Å². The predicted molar refractivity (Wildman–Crippen MR) is 46.1 cm³/mol. The minimum Gasteiger partial charge on any atom is -0.469 e. The van der Waals surface area contributed by atoms with Gasteiger partial charge in [0.1, 0.15) is 0 Å². The van der Waals surface area contributed by atoms with E-state index in [1.807, 2.05) is 13.2 Å². The van der Waals surface area contributed by atoms with Gasteiger partial charge in [0.25, 0.3) is 0 Å². The van der Waals surface area contributed by atoms with E-state index in [0.717, 1.165) is 18.5 Å². The third-order valence-corrected chi connectivity index (χ3v) is 2.43. The van der Waals surface area contributed by atoms with Crippen molar-refractivity contribution in [3.8, 4) is 0 Å². The molecule has 0 N–H and O–H groups in total. The van der Waals surface area contributed by atoms with Gasteiger partial charge in [-0.2, -0.15) is 5.10 Å². The van der Waals surface area contributed by atoms with Crippen LogP contribution in [0, 0.1) is 5.92 Å². The van der Waals surface area contributed by atoms with E-state index in [4.69, 9.17) is 4.74 Å². The second kappa shape index (κ2) is 2.87. The Balaban J connectivity index is 2.15. The summed E-state index contributed by atoms with van der Waals surface area (Å²) in [7, 11) is 3.32. The van der Waals surface area contributed by atoms with Gasteiger partial charge in [-0.15, -0.1) is 0 Å². The molecule has 1 aromatic rings. The molecule has 4 nitrogen and oxygen atoms in total. The van der Waals surface area contributed by atoms with E-state index in [2.05, 4.69) is 5.10 Å². The van der Waals surface area contributed by atoms with E-state index in [1.54, 1.807) is 4.68 Å². The zero-order chi connectivity index (χ0) is 9.42. The number of esters is 1. The molecule has 0 fully saturated rings. The van der Waals surface area contributed by atoms with Gasteiger partial charge >= 0.3 is 5.97 Å². The molecule has 1 aliphatic carbocycles. The molecule has 0 aromatic carbocycles. The van der Waals surface area contributed by atoms with Gasteiger partial charge in [-0.25, -0.2) is 0 Å². The number of carbonyl (C=O) groups excluding carboxylic acids is 1. The number of rotatable bonds is 1. The first kappa shape index (κ1) is 8.29. The van der Waals surface area contributed by atoms with Crippen LogP contribution in [0.4, 0.5) is 0 Å². The molecule has 4 heteroatoms. The number of hydrogen-bond donors (Lipinski definition) is 0. The summed E-state index contributed by atoms with van der Waals surface area (Å²) < 4.78 is 6.48. The van der Waals surface area contributed by atoms with Crippen molar-refractivity contribution >= 4 is 5.97 Å². The standard InChI is InChI=1S/C9H12N2O2/c1-11-5-7-3-6(9(12)13-2)4-8(7)10-11/h5-6H,3-4H2,1-2H3/t6-/m0/s1. The average Bonchev–Trinajstić information content (AvgIpc) is 2.59. The Morgan fingerprint density at radius 1 is 1.69 bits per heavy atom. The predicted octanol–water partition coefficient (Wildman–Crippen LogP) is 0.308. The Kier molecular flexibility index (Phi) is 1.83. The molecule has 0 aliphatic heterocycles. The van der Waals surface area contributed by atoms with E-state index in [9.17, 15) is 4.79 Å². The quantitative estimate of drug-likeness (QED) is 0.584. The van der Waals surface area contributed by atoms with Gasteiger partial charge in [0, 0.05) is 19.7 Å². The fourth-order valence-corrected chi connectivity index (χ4v) is 1.83. The van der Waals surface area contributed by atoms with Crippen molar-refractivity contribution in [1.29, 1.82) is 0 Å². The molecule has 0 spiro atoms. The number of aryl methyl sites for hydroxylation is 1. The van der Waals surface area contributed by atoms with E-state index in [1.165, 1.54) is 12.7 Å². The van der Waals surface area contributed by atoms with Gasteiger partial charge in [0.15, 0.2) is 0 Å². The van der Waals surface area contributed by atoms with Crippen molar-refractivity contribution in [2.24, 2.45) is 13.0 Å². The molecule has 0 bridgehead atoms. The number of hydrogen-bond acceptors (Lipinski definition) is 3. The Bertz CT molecular complexity index is 320. The van der Waals surface area contributed by atoms with Crippen LogP contribution in [0.25, 0.3) is 0 Å². The van der Waals surface area contributed by atoms with Crippen LogP contribution in [0.2, 0.25) is 0 Å². The number of ether oxygens (including phenoxy) is 1. The second-order valence-corrected chi connectivity index (χ2v) is 3.40. The lowest BCUT2D eigenvalue weighted by Gasteiger charge is -2.05. The van der Waals surface area contributed by atoms with Crippen LogP contribution >= 0.6 is 0 Å². The summed E-state index contributed by atoms with van der Waals surface area (Å²) in [6, 6.07) is 0. The van der Waals surface area contributed by atoms with Crippen molar-refractivity contribution in [3.05, 3.63) is 17.5 Å². The molecule has 70 valence electrons. The summed E-state index contributed by atoms with van der Waals surface area (Å²) in [5.41, 5.74) is 2.22. The molecule has 0 amide bonds. The molecular formula is C9H12N2O2. The first-order valence-electron chi connectivity index (χ1n) is 4.30. The van der Waals surface area contributed by atoms with Crippen LogP contribution in [0.15, 0.2) is 6.20 Å². The number of carbonyl (C=O) groups is 1. The monoisotopic (exact) mass is 180 g/mol. The van der Waals surface area contributed by atoms with Gasteiger partial charge in [0.05, 0.1) is 18.7 Å². The van der Waals surface area contributed by atoms with Crippen molar-refractivity contribution in [3.63, 3.8) is 0 Å². The van der Waals surface area contributed by atoms with E-state index >= 15 is 0 Å². The summed E-state index contributed by atoms with van der Waals surface area (Å²) in [6.07, 6.45) is 3.47. The topological polar surface area (TPSA) is 44.1 Å². The smallest absolute Gasteiger partial charge is 0.309 e. The Hall–Kier alpha value is -1.32. The molecule has 1 aliphatic rings. The summed E-state index contributed by atoms with van der Waals surface area (Å²) >= 11 is 0. The normalized spacial score (nSPS) is 20.0. The highest BCUT2D eigenvalue weighted by molar-refractivity contribution is 5.74. The highest BCUT2D eigenvalue weighted by Crippen LogP contribution is 2.25. The SMILES string of the molecule is COC(=O)[C@H]1Cc2cn(C)nc2C1. The third-order valence-electron chi connectivity index (χ3n) is 2.43. The Morgan fingerprint density at radius 3 is 3.08 bits per heavy atom. The molecule has 13 heavy (non-hydrogen) atoms. The first-order valence-corrected chi connectivity index (χ1v) is 4.30. The van der Waals surface area contributed by atoms with Gasteiger partial charge in [-0.05, 0) is 12.0 Å². The zero-order valence-corrected chi connectivity index (χ0v) is 7.78. The molecule has 1 aromatic heterocycles. The third kappa shape index (κ3) is 1.32. The minimum atomic E-state index is -0.124. The van der Waals surface area contributed by atoms with Crippen LogP contribution in [-0.4, -0.2) is 22.9 Å². The van der Waals surface area contributed by atoms with Crippen LogP contribution in [0.3, 0.4) is 0 Å². The van der Waals surface area contributed by atoms with Crippen molar-refractivity contribution in [1.82, 2.24) is 9.78 Å². The largest absolute Gasteiger partial charge is 0.469 e. The molecular weight excluding hydrogens is 168 g/mol. The molecule has 0 unspecified atom stereocenters. The molecule has 1 heterocycles. The van der Waals surface area contributed by atoms with Crippen molar-refractivity contribution < 1.29 is 9.53 Å². The van der Waals surface area contributed by atoms with Crippen LogP contribution < -0.4 is 0 Å². The highest BCUT2D eigenvalue weighted by atomic mass is 16.5. The molecule has 0 radical (unpaired) electrons. The highest BCUT2D eigenvalue weighted by Gasteiger charge is 2.30. The molecule has 1 atom stereocenters.